The molecule has 0 aliphatic heterocycles. The maximum atomic E-state index is 12.3. The van der Waals surface area contributed by atoms with Gasteiger partial charge in [0.25, 0.3) is 0 Å². The fraction of sp³-hybridized carbons (Fsp3) is 0.400. The second-order valence-corrected chi connectivity index (χ2v) is 6.25. The molecule has 2 rings (SSSR count). The molecule has 0 saturated carbocycles. The molecule has 1 heterocycles. The highest BCUT2D eigenvalue weighted by molar-refractivity contribution is 8.00. The molecule has 1 atom stereocenters. The zero-order valence-electron chi connectivity index (χ0n) is 13.3. The van der Waals surface area contributed by atoms with Gasteiger partial charge in [-0.15, -0.1) is 5.10 Å². The van der Waals surface area contributed by atoms with Crippen molar-refractivity contribution in [3.05, 3.63) is 34.7 Å². The first-order chi connectivity index (χ1) is 11.0. The van der Waals surface area contributed by atoms with E-state index < -0.39 is 0 Å². The van der Waals surface area contributed by atoms with Gasteiger partial charge in [-0.1, -0.05) is 18.7 Å². The Morgan fingerprint density at radius 3 is 2.74 bits per heavy atom. The van der Waals surface area contributed by atoms with Crippen molar-refractivity contribution >= 4 is 23.4 Å². The van der Waals surface area contributed by atoms with Crippen molar-refractivity contribution in [1.29, 1.82) is 0 Å². The maximum absolute atomic E-state index is 12.3. The highest BCUT2D eigenvalue weighted by atomic mass is 32.2. The van der Waals surface area contributed by atoms with Crippen LogP contribution in [0.15, 0.2) is 34.2 Å². The average Bonchev–Trinajstić information content (AvgIpc) is 2.89. The zero-order chi connectivity index (χ0) is 16.8. The minimum Gasteiger partial charge on any atom is -0.497 e. The van der Waals surface area contributed by atoms with Crippen LogP contribution >= 0.6 is 11.8 Å². The third kappa shape index (κ3) is 4.38. The van der Waals surface area contributed by atoms with E-state index in [1.165, 1.54) is 11.8 Å². The average molecular weight is 336 g/mol. The lowest BCUT2D eigenvalue weighted by Crippen LogP contribution is -2.24. The summed E-state index contributed by atoms with van der Waals surface area (Å²) < 4.78 is 6.62. The largest absolute Gasteiger partial charge is 0.497 e. The first-order valence-electron chi connectivity index (χ1n) is 7.32. The normalized spacial score (nSPS) is 12.0. The van der Waals surface area contributed by atoms with E-state index in [-0.39, 0.29) is 16.8 Å². The van der Waals surface area contributed by atoms with Gasteiger partial charge < -0.3 is 10.1 Å². The second kappa shape index (κ2) is 7.87. The fourth-order valence-corrected chi connectivity index (χ4v) is 2.83. The first-order valence-corrected chi connectivity index (χ1v) is 8.20. The van der Waals surface area contributed by atoms with Crippen molar-refractivity contribution in [3.63, 3.8) is 0 Å². The maximum Gasteiger partial charge on any atom is 0.343 e. The van der Waals surface area contributed by atoms with E-state index in [9.17, 15) is 9.59 Å². The van der Waals surface area contributed by atoms with Crippen molar-refractivity contribution in [2.75, 3.05) is 12.4 Å². The Labute approximate surface area is 138 Å². The van der Waals surface area contributed by atoms with Gasteiger partial charge in [0.1, 0.15) is 5.75 Å². The van der Waals surface area contributed by atoms with Crippen LogP contribution in [-0.4, -0.2) is 33.0 Å². The molecule has 0 aliphatic carbocycles. The van der Waals surface area contributed by atoms with Crippen LogP contribution in [0.3, 0.4) is 0 Å². The number of methoxy groups -OCH3 is 1. The second-order valence-electron chi connectivity index (χ2n) is 4.94. The Kier molecular flexibility index (Phi) is 5.86. The zero-order valence-corrected chi connectivity index (χ0v) is 14.1. The monoisotopic (exact) mass is 336 g/mol. The Hall–Kier alpha value is -2.22. The number of rotatable bonds is 7. The number of ether oxygens (including phenoxy) is 1. The molecular formula is C15H20N4O3S. The topological polar surface area (TPSA) is 89.0 Å². The van der Waals surface area contributed by atoms with Gasteiger partial charge in [-0.05, 0) is 37.6 Å². The summed E-state index contributed by atoms with van der Waals surface area (Å²) in [7, 11) is 1.59. The summed E-state index contributed by atoms with van der Waals surface area (Å²) in [5.41, 5.74) is 0.438. The summed E-state index contributed by atoms with van der Waals surface area (Å²) in [4.78, 5) is 23.9. The highest BCUT2D eigenvalue weighted by Crippen LogP contribution is 2.22. The summed E-state index contributed by atoms with van der Waals surface area (Å²) in [6, 6.07) is 7.10. The summed E-state index contributed by atoms with van der Waals surface area (Å²) in [6.07, 6.45) is 0.819. The van der Waals surface area contributed by atoms with Crippen molar-refractivity contribution in [1.82, 2.24) is 14.8 Å². The van der Waals surface area contributed by atoms with Gasteiger partial charge in [0.15, 0.2) is 5.16 Å². The number of nitrogens with one attached hydrogen (secondary N) is 2. The lowest BCUT2D eigenvalue weighted by Gasteiger charge is -2.12. The molecule has 0 aliphatic rings. The van der Waals surface area contributed by atoms with E-state index in [0.717, 1.165) is 12.2 Å². The van der Waals surface area contributed by atoms with Crippen LogP contribution in [0, 0.1) is 0 Å². The number of aromatic nitrogens is 3. The predicted molar refractivity (Wildman–Crippen MR) is 90.1 cm³/mol. The SMILES string of the molecule is CCCn1c(S[C@@H](C)C(=O)Nc2ccc(OC)cc2)n[nH]c1=O. The molecule has 0 spiro atoms. The summed E-state index contributed by atoms with van der Waals surface area (Å²) in [5, 5.41) is 9.37. The van der Waals surface area contributed by atoms with Crippen molar-refractivity contribution in [2.45, 2.75) is 37.2 Å². The molecule has 1 amide bonds. The van der Waals surface area contributed by atoms with Gasteiger partial charge in [0, 0.05) is 12.2 Å². The van der Waals surface area contributed by atoms with Crippen LogP contribution in [0.1, 0.15) is 20.3 Å². The quantitative estimate of drug-likeness (QED) is 0.756. The molecule has 23 heavy (non-hydrogen) atoms. The number of carbonyl (C=O) groups is 1. The molecule has 2 N–H and O–H groups in total. The number of carbonyl (C=O) groups excluding carboxylic acids is 1. The number of thioether (sulfide) groups is 1. The van der Waals surface area contributed by atoms with E-state index >= 15 is 0 Å². The molecule has 0 unspecified atom stereocenters. The molecule has 0 radical (unpaired) electrons. The van der Waals surface area contributed by atoms with E-state index in [0.29, 0.717) is 17.4 Å². The van der Waals surface area contributed by atoms with E-state index in [2.05, 4.69) is 15.5 Å². The molecule has 2 aromatic rings. The van der Waals surface area contributed by atoms with Gasteiger partial charge in [-0.3, -0.25) is 9.36 Å². The molecule has 7 nitrogen and oxygen atoms in total. The Morgan fingerprint density at radius 2 is 2.13 bits per heavy atom. The molecule has 0 bridgehead atoms. The van der Waals surface area contributed by atoms with Crippen LogP contribution in [0.4, 0.5) is 5.69 Å². The van der Waals surface area contributed by atoms with Crippen LogP contribution in [0.2, 0.25) is 0 Å². The molecule has 124 valence electrons. The molecule has 0 fully saturated rings. The molecule has 8 heteroatoms. The highest BCUT2D eigenvalue weighted by Gasteiger charge is 2.19. The minimum atomic E-state index is -0.386. The number of aromatic amines is 1. The van der Waals surface area contributed by atoms with E-state index in [1.54, 1.807) is 42.9 Å². The van der Waals surface area contributed by atoms with E-state index in [1.807, 2.05) is 6.92 Å². The Balaban J connectivity index is 2.00. The summed E-state index contributed by atoms with van der Waals surface area (Å²) in [6.45, 7) is 4.33. The number of anilines is 1. The van der Waals surface area contributed by atoms with Gasteiger partial charge in [-0.25, -0.2) is 9.89 Å². The van der Waals surface area contributed by atoms with Gasteiger partial charge >= 0.3 is 5.69 Å². The molecule has 1 aromatic carbocycles. The van der Waals surface area contributed by atoms with Crippen LogP contribution < -0.4 is 15.7 Å². The molecular weight excluding hydrogens is 316 g/mol. The predicted octanol–water partition coefficient (Wildman–Crippen LogP) is 2.11. The van der Waals surface area contributed by atoms with Gasteiger partial charge in [-0.2, -0.15) is 0 Å². The summed E-state index contributed by atoms with van der Waals surface area (Å²) in [5.74, 6) is 0.573. The van der Waals surface area contributed by atoms with Crippen LogP contribution in [-0.2, 0) is 11.3 Å². The third-order valence-electron chi connectivity index (χ3n) is 3.18. The fourth-order valence-electron chi connectivity index (χ4n) is 1.94. The minimum absolute atomic E-state index is 0.154. The van der Waals surface area contributed by atoms with Crippen molar-refractivity contribution < 1.29 is 9.53 Å². The number of benzene rings is 1. The van der Waals surface area contributed by atoms with Crippen LogP contribution in [0.25, 0.3) is 0 Å². The first kappa shape index (κ1) is 17.1. The van der Waals surface area contributed by atoms with E-state index in [4.69, 9.17) is 4.74 Å². The lowest BCUT2D eigenvalue weighted by molar-refractivity contribution is -0.115. The van der Waals surface area contributed by atoms with Gasteiger partial charge in [0.05, 0.1) is 12.4 Å². The molecule has 0 saturated heterocycles. The van der Waals surface area contributed by atoms with Crippen LogP contribution in [0.5, 0.6) is 5.75 Å². The van der Waals surface area contributed by atoms with Crippen molar-refractivity contribution in [3.8, 4) is 5.75 Å². The molecule has 1 aromatic heterocycles. The summed E-state index contributed by atoms with van der Waals surface area (Å²) >= 11 is 1.25. The number of hydrogen-bond acceptors (Lipinski definition) is 5. The lowest BCUT2D eigenvalue weighted by atomic mass is 10.3. The third-order valence-corrected chi connectivity index (χ3v) is 4.27. The number of amides is 1. The number of H-pyrrole nitrogens is 1. The van der Waals surface area contributed by atoms with Gasteiger partial charge in [0.2, 0.25) is 5.91 Å². The number of hydrogen-bond donors (Lipinski definition) is 2. The number of nitrogens with zero attached hydrogens (tertiary/aromatic N) is 2. The standard InChI is InChI=1S/C15H20N4O3S/c1-4-9-19-14(21)17-18-15(19)23-10(2)13(20)16-11-5-7-12(22-3)8-6-11/h5-8,10H,4,9H2,1-3H3,(H,16,20)(H,17,21)/t10-/m0/s1. The Bertz CT molecular complexity index is 708. The Morgan fingerprint density at radius 1 is 1.43 bits per heavy atom. The smallest absolute Gasteiger partial charge is 0.343 e. The van der Waals surface area contributed by atoms with Crippen molar-refractivity contribution in [2.24, 2.45) is 0 Å².